The number of rotatable bonds is 6. The number of thioether (sulfide) groups is 1. The van der Waals surface area contributed by atoms with Crippen molar-refractivity contribution < 1.29 is 0 Å². The van der Waals surface area contributed by atoms with Crippen LogP contribution in [0.25, 0.3) is 11.0 Å². The van der Waals surface area contributed by atoms with Gasteiger partial charge in [0.15, 0.2) is 5.16 Å². The van der Waals surface area contributed by atoms with E-state index < -0.39 is 0 Å². The second-order valence-electron chi connectivity index (χ2n) is 7.35. The summed E-state index contributed by atoms with van der Waals surface area (Å²) in [6, 6.07) is 16.4. The number of hydrogen-bond acceptors (Lipinski definition) is 4. The van der Waals surface area contributed by atoms with Crippen LogP contribution in [0.15, 0.2) is 58.5 Å². The van der Waals surface area contributed by atoms with Gasteiger partial charge in [-0.05, 0) is 43.5 Å². The Balaban J connectivity index is 1.54. The summed E-state index contributed by atoms with van der Waals surface area (Å²) in [5.41, 5.74) is 2.99. The number of aromatic amines is 1. The highest BCUT2D eigenvalue weighted by Crippen LogP contribution is 2.40. The molecule has 1 N–H and O–H groups in total. The maximum Gasteiger partial charge on any atom is 0.344 e. The van der Waals surface area contributed by atoms with E-state index >= 15 is 0 Å². The van der Waals surface area contributed by atoms with Gasteiger partial charge in [0.2, 0.25) is 0 Å². The predicted molar refractivity (Wildman–Crippen MR) is 116 cm³/mol. The first-order valence-electron chi connectivity index (χ1n) is 9.63. The first-order chi connectivity index (χ1) is 14.1. The maximum atomic E-state index is 12.1. The van der Waals surface area contributed by atoms with Gasteiger partial charge in [-0.15, -0.1) is 5.10 Å². The molecular weight excluding hydrogens is 406 g/mol. The van der Waals surface area contributed by atoms with Crippen LogP contribution in [-0.2, 0) is 6.54 Å². The molecule has 2 aromatic heterocycles. The molecule has 1 aliphatic carbocycles. The molecule has 148 valence electrons. The second kappa shape index (κ2) is 7.39. The lowest BCUT2D eigenvalue weighted by atomic mass is 10.2. The Morgan fingerprint density at radius 3 is 2.79 bits per heavy atom. The standard InChI is InChI=1S/C21H20ClN5OS/c1-13(29-21-25-24-20(28)27(21)16-8-9-16)19-23-17-11-15(22)7-10-18(17)26(19)12-14-5-3-2-4-6-14/h2-7,10-11,13,16H,8-9,12H2,1H3,(H,24,28)/t13-/m0/s1. The quantitative estimate of drug-likeness (QED) is 0.450. The van der Waals surface area contributed by atoms with E-state index in [0.29, 0.717) is 5.02 Å². The van der Waals surface area contributed by atoms with Crippen molar-refractivity contribution in [2.75, 3.05) is 0 Å². The molecule has 0 bridgehead atoms. The van der Waals surface area contributed by atoms with Gasteiger partial charge in [-0.1, -0.05) is 53.7 Å². The molecule has 1 atom stereocenters. The molecule has 2 heterocycles. The summed E-state index contributed by atoms with van der Waals surface area (Å²) in [6.45, 7) is 2.82. The molecule has 0 unspecified atom stereocenters. The van der Waals surface area contributed by atoms with Crippen molar-refractivity contribution >= 4 is 34.4 Å². The molecule has 2 aromatic carbocycles. The van der Waals surface area contributed by atoms with Gasteiger partial charge in [0, 0.05) is 17.6 Å². The van der Waals surface area contributed by atoms with E-state index in [1.807, 2.05) is 36.4 Å². The Bertz CT molecular complexity index is 1230. The number of imidazole rings is 1. The smallest absolute Gasteiger partial charge is 0.323 e. The topological polar surface area (TPSA) is 68.5 Å². The van der Waals surface area contributed by atoms with Gasteiger partial charge < -0.3 is 4.57 Å². The maximum absolute atomic E-state index is 12.1. The molecule has 5 rings (SSSR count). The van der Waals surface area contributed by atoms with Crippen LogP contribution >= 0.6 is 23.4 Å². The van der Waals surface area contributed by atoms with Gasteiger partial charge in [-0.3, -0.25) is 4.57 Å². The van der Waals surface area contributed by atoms with Crippen LogP contribution in [-0.4, -0.2) is 24.3 Å². The lowest BCUT2D eigenvalue weighted by molar-refractivity contribution is 0.640. The van der Waals surface area contributed by atoms with Crippen molar-refractivity contribution in [3.8, 4) is 0 Å². The predicted octanol–water partition coefficient (Wildman–Crippen LogP) is 4.81. The minimum absolute atomic E-state index is 0.0117. The van der Waals surface area contributed by atoms with E-state index in [1.54, 1.807) is 16.3 Å². The average molecular weight is 426 g/mol. The number of hydrogen-bond donors (Lipinski definition) is 1. The minimum Gasteiger partial charge on any atom is -0.323 e. The number of aromatic nitrogens is 5. The molecule has 0 amide bonds. The summed E-state index contributed by atoms with van der Waals surface area (Å²) in [7, 11) is 0. The zero-order valence-electron chi connectivity index (χ0n) is 15.9. The van der Waals surface area contributed by atoms with Crippen molar-refractivity contribution in [1.82, 2.24) is 24.3 Å². The highest BCUT2D eigenvalue weighted by Gasteiger charge is 2.30. The highest BCUT2D eigenvalue weighted by atomic mass is 35.5. The van der Waals surface area contributed by atoms with Crippen molar-refractivity contribution in [2.24, 2.45) is 0 Å². The van der Waals surface area contributed by atoms with Crippen LogP contribution in [0.1, 0.15) is 42.4 Å². The number of halogens is 1. The molecule has 1 aliphatic rings. The lowest BCUT2D eigenvalue weighted by Gasteiger charge is -2.15. The van der Waals surface area contributed by atoms with Gasteiger partial charge in [-0.2, -0.15) is 0 Å². The molecule has 1 fully saturated rings. The summed E-state index contributed by atoms with van der Waals surface area (Å²) in [5.74, 6) is 0.939. The average Bonchev–Trinajstić information content (AvgIpc) is 3.40. The third-order valence-corrected chi connectivity index (χ3v) is 6.45. The summed E-state index contributed by atoms with van der Waals surface area (Å²) >= 11 is 7.77. The van der Waals surface area contributed by atoms with Gasteiger partial charge in [0.1, 0.15) is 5.82 Å². The molecular formula is C21H20ClN5OS. The molecule has 0 aliphatic heterocycles. The first-order valence-corrected chi connectivity index (χ1v) is 10.9. The van der Waals surface area contributed by atoms with Crippen molar-refractivity contribution in [3.05, 3.63) is 75.4 Å². The van der Waals surface area contributed by atoms with Crippen LogP contribution in [0, 0.1) is 0 Å². The van der Waals surface area contributed by atoms with Gasteiger partial charge in [-0.25, -0.2) is 14.9 Å². The number of fused-ring (bicyclic) bond motifs is 1. The summed E-state index contributed by atoms with van der Waals surface area (Å²) in [5, 5.41) is 8.26. The van der Waals surface area contributed by atoms with E-state index in [0.717, 1.165) is 41.4 Å². The van der Waals surface area contributed by atoms with Gasteiger partial charge >= 0.3 is 5.69 Å². The van der Waals surface area contributed by atoms with Crippen molar-refractivity contribution in [3.63, 3.8) is 0 Å². The normalized spacial score (nSPS) is 15.1. The number of H-pyrrole nitrogens is 1. The van der Waals surface area contributed by atoms with Gasteiger partial charge in [0.25, 0.3) is 0 Å². The largest absolute Gasteiger partial charge is 0.344 e. The van der Waals surface area contributed by atoms with E-state index in [9.17, 15) is 4.79 Å². The number of benzene rings is 2. The molecule has 0 saturated heterocycles. The lowest BCUT2D eigenvalue weighted by Crippen LogP contribution is -2.16. The van der Waals surface area contributed by atoms with Gasteiger partial charge in [0.05, 0.1) is 16.3 Å². The first kappa shape index (κ1) is 18.5. The molecule has 0 radical (unpaired) electrons. The fourth-order valence-corrected chi connectivity index (χ4v) is 4.81. The SMILES string of the molecule is C[C@H](Sc1n[nH]c(=O)n1C1CC1)c1nc2cc(Cl)ccc2n1Cc1ccccc1. The van der Waals surface area contributed by atoms with Crippen LogP contribution in [0.3, 0.4) is 0 Å². The Labute approximate surface area is 176 Å². The van der Waals surface area contributed by atoms with Crippen LogP contribution in [0.2, 0.25) is 5.02 Å². The Hall–Kier alpha value is -2.51. The molecule has 6 nitrogen and oxygen atoms in total. The zero-order chi connectivity index (χ0) is 20.0. The van der Waals surface area contributed by atoms with Crippen LogP contribution in [0.5, 0.6) is 0 Å². The Kier molecular flexibility index (Phi) is 4.72. The van der Waals surface area contributed by atoms with E-state index in [-0.39, 0.29) is 17.0 Å². The number of nitrogens with zero attached hydrogens (tertiary/aromatic N) is 4. The molecule has 1 saturated carbocycles. The second-order valence-corrected chi connectivity index (χ2v) is 9.09. The number of nitrogens with one attached hydrogen (secondary N) is 1. The van der Waals surface area contributed by atoms with Crippen molar-refractivity contribution in [1.29, 1.82) is 0 Å². The molecule has 4 aromatic rings. The zero-order valence-corrected chi connectivity index (χ0v) is 17.5. The fraction of sp³-hybridized carbons (Fsp3) is 0.286. The highest BCUT2D eigenvalue weighted by molar-refractivity contribution is 7.99. The van der Waals surface area contributed by atoms with Crippen LogP contribution in [0.4, 0.5) is 0 Å². The molecule has 29 heavy (non-hydrogen) atoms. The van der Waals surface area contributed by atoms with E-state index in [2.05, 4.69) is 33.8 Å². The Morgan fingerprint density at radius 1 is 1.24 bits per heavy atom. The van der Waals surface area contributed by atoms with E-state index in [4.69, 9.17) is 16.6 Å². The monoisotopic (exact) mass is 425 g/mol. The molecule has 8 heteroatoms. The fourth-order valence-electron chi connectivity index (χ4n) is 3.60. The summed E-state index contributed by atoms with van der Waals surface area (Å²) < 4.78 is 4.01. The van der Waals surface area contributed by atoms with E-state index in [1.165, 1.54) is 5.56 Å². The third-order valence-electron chi connectivity index (χ3n) is 5.15. The van der Waals surface area contributed by atoms with Crippen LogP contribution < -0.4 is 5.69 Å². The third kappa shape index (κ3) is 3.60. The minimum atomic E-state index is -0.133. The summed E-state index contributed by atoms with van der Waals surface area (Å²) in [6.07, 6.45) is 2.07. The summed E-state index contributed by atoms with van der Waals surface area (Å²) in [4.78, 5) is 17.0. The molecule has 0 spiro atoms. The van der Waals surface area contributed by atoms with Crippen molar-refractivity contribution in [2.45, 2.75) is 42.8 Å². The Morgan fingerprint density at radius 2 is 2.03 bits per heavy atom.